The molecule has 2 aromatic heterocycles. The molecule has 2 N–H and O–H groups in total. The number of urea groups is 1. The van der Waals surface area contributed by atoms with Crippen LogP contribution in [0.3, 0.4) is 0 Å². The van der Waals surface area contributed by atoms with E-state index in [4.69, 9.17) is 0 Å². The Morgan fingerprint density at radius 2 is 2.08 bits per heavy atom. The summed E-state index contributed by atoms with van der Waals surface area (Å²) < 4.78 is 0. The summed E-state index contributed by atoms with van der Waals surface area (Å²) in [7, 11) is 0. The molecule has 3 heterocycles. The first-order valence-corrected chi connectivity index (χ1v) is 8.60. The van der Waals surface area contributed by atoms with Crippen molar-refractivity contribution < 1.29 is 4.79 Å². The molecule has 0 bridgehead atoms. The van der Waals surface area contributed by atoms with Gasteiger partial charge in [0, 0.05) is 49.8 Å². The number of hydrogen-bond donors (Lipinski definition) is 2. The number of pyridine rings is 1. The molecule has 0 radical (unpaired) electrons. The molecule has 25 heavy (non-hydrogen) atoms. The van der Waals surface area contributed by atoms with Crippen LogP contribution in [0.2, 0.25) is 0 Å². The largest absolute Gasteiger partial charge is 0.356 e. The fourth-order valence-corrected chi connectivity index (χ4v) is 3.03. The van der Waals surface area contributed by atoms with Gasteiger partial charge in [0.25, 0.3) is 0 Å². The molecule has 7 nitrogen and oxygen atoms in total. The van der Waals surface area contributed by atoms with Gasteiger partial charge in [0.2, 0.25) is 0 Å². The first-order valence-electron chi connectivity index (χ1n) is 8.60. The first-order chi connectivity index (χ1) is 12.1. The molecule has 0 unspecified atom stereocenters. The molecule has 7 heteroatoms. The van der Waals surface area contributed by atoms with Gasteiger partial charge in [0.05, 0.1) is 0 Å². The smallest absolute Gasteiger partial charge is 0.315 e. The standard InChI is InChI=1S/C18H24N6O/c1-13-10-17(22-14(2)21-13)24-8-5-16(6-9-24)23-18(25)20-12-15-4-3-7-19-11-15/h3-4,7,10-11,16H,5-6,8-9,12H2,1-2H3,(H2,20,23,25). The lowest BCUT2D eigenvalue weighted by Crippen LogP contribution is -2.48. The van der Waals surface area contributed by atoms with Crippen LogP contribution in [0.5, 0.6) is 0 Å². The number of carbonyl (C=O) groups is 1. The van der Waals surface area contributed by atoms with Crippen molar-refractivity contribution in [1.29, 1.82) is 0 Å². The molecule has 1 aliphatic heterocycles. The molecule has 132 valence electrons. The summed E-state index contributed by atoms with van der Waals surface area (Å²) in [6, 6.07) is 5.88. The van der Waals surface area contributed by atoms with Gasteiger partial charge in [0.15, 0.2) is 0 Å². The van der Waals surface area contributed by atoms with Crippen LogP contribution in [0, 0.1) is 13.8 Å². The summed E-state index contributed by atoms with van der Waals surface area (Å²) >= 11 is 0. The minimum absolute atomic E-state index is 0.129. The minimum atomic E-state index is -0.129. The number of anilines is 1. The second kappa shape index (κ2) is 7.92. The van der Waals surface area contributed by atoms with E-state index in [1.54, 1.807) is 12.4 Å². The molecule has 0 aromatic carbocycles. The third-order valence-electron chi connectivity index (χ3n) is 4.28. The molecule has 0 saturated carbocycles. The molecule has 1 saturated heterocycles. The van der Waals surface area contributed by atoms with Crippen LogP contribution in [0.25, 0.3) is 0 Å². The van der Waals surface area contributed by atoms with Crippen molar-refractivity contribution in [2.75, 3.05) is 18.0 Å². The molecule has 1 fully saturated rings. The number of carbonyl (C=O) groups excluding carboxylic acids is 1. The number of amides is 2. The molecule has 3 rings (SSSR count). The predicted octanol–water partition coefficient (Wildman–Crippen LogP) is 1.96. The summed E-state index contributed by atoms with van der Waals surface area (Å²) in [5, 5.41) is 5.93. The second-order valence-electron chi connectivity index (χ2n) is 6.36. The fourth-order valence-electron chi connectivity index (χ4n) is 3.03. The van der Waals surface area contributed by atoms with Crippen molar-refractivity contribution in [1.82, 2.24) is 25.6 Å². The van der Waals surface area contributed by atoms with Crippen molar-refractivity contribution in [2.24, 2.45) is 0 Å². The molecule has 0 spiro atoms. The molecule has 2 aromatic rings. The Kier molecular flexibility index (Phi) is 5.42. The zero-order valence-corrected chi connectivity index (χ0v) is 14.7. The summed E-state index contributed by atoms with van der Waals surface area (Å²) in [5.74, 6) is 1.77. The first kappa shape index (κ1) is 17.1. The Morgan fingerprint density at radius 3 is 2.76 bits per heavy atom. The maximum Gasteiger partial charge on any atom is 0.315 e. The van der Waals surface area contributed by atoms with E-state index in [-0.39, 0.29) is 12.1 Å². The summed E-state index contributed by atoms with van der Waals surface area (Å²) in [6.45, 7) is 6.14. The molecular weight excluding hydrogens is 316 g/mol. The van der Waals surface area contributed by atoms with Gasteiger partial charge in [-0.2, -0.15) is 0 Å². The maximum atomic E-state index is 12.0. The number of nitrogens with zero attached hydrogens (tertiary/aromatic N) is 4. The molecule has 1 aliphatic rings. The number of aryl methyl sites for hydroxylation is 2. The van der Waals surface area contributed by atoms with Gasteiger partial charge >= 0.3 is 6.03 Å². The van der Waals surface area contributed by atoms with Crippen molar-refractivity contribution >= 4 is 11.8 Å². The quantitative estimate of drug-likeness (QED) is 0.889. The van der Waals surface area contributed by atoms with E-state index in [0.717, 1.165) is 48.8 Å². The number of nitrogens with one attached hydrogen (secondary N) is 2. The van der Waals surface area contributed by atoms with Crippen LogP contribution in [0.1, 0.15) is 29.9 Å². The van der Waals surface area contributed by atoms with Gasteiger partial charge in [-0.25, -0.2) is 14.8 Å². The highest BCUT2D eigenvalue weighted by molar-refractivity contribution is 5.74. The maximum absolute atomic E-state index is 12.0. The normalized spacial score (nSPS) is 15.0. The molecule has 2 amide bonds. The highest BCUT2D eigenvalue weighted by Crippen LogP contribution is 2.18. The average molecular weight is 340 g/mol. The Balaban J connectivity index is 1.45. The SMILES string of the molecule is Cc1cc(N2CCC(NC(=O)NCc3cccnc3)CC2)nc(C)n1. The van der Waals surface area contributed by atoms with Gasteiger partial charge in [-0.3, -0.25) is 4.98 Å². The van der Waals surface area contributed by atoms with E-state index in [2.05, 4.69) is 30.5 Å². The zero-order valence-electron chi connectivity index (χ0n) is 14.7. The van der Waals surface area contributed by atoms with E-state index in [1.165, 1.54) is 0 Å². The summed E-state index contributed by atoms with van der Waals surface area (Å²) in [4.78, 5) is 27.2. The minimum Gasteiger partial charge on any atom is -0.356 e. The fraction of sp³-hybridized carbons (Fsp3) is 0.444. The van der Waals surface area contributed by atoms with Crippen molar-refractivity contribution in [3.8, 4) is 0 Å². The lowest BCUT2D eigenvalue weighted by molar-refractivity contribution is 0.234. The van der Waals surface area contributed by atoms with E-state index >= 15 is 0 Å². The van der Waals surface area contributed by atoms with Gasteiger partial charge in [-0.1, -0.05) is 6.07 Å². The van der Waals surface area contributed by atoms with Crippen molar-refractivity contribution in [3.63, 3.8) is 0 Å². The van der Waals surface area contributed by atoms with Gasteiger partial charge in [-0.15, -0.1) is 0 Å². The van der Waals surface area contributed by atoms with Crippen LogP contribution in [-0.4, -0.2) is 40.1 Å². The molecule has 0 atom stereocenters. The topological polar surface area (TPSA) is 83.0 Å². The summed E-state index contributed by atoms with van der Waals surface area (Å²) in [6.07, 6.45) is 5.28. The van der Waals surface area contributed by atoms with Gasteiger partial charge in [-0.05, 0) is 38.3 Å². The highest BCUT2D eigenvalue weighted by Gasteiger charge is 2.21. The Hall–Kier alpha value is -2.70. The van der Waals surface area contributed by atoms with Crippen LogP contribution in [0.4, 0.5) is 10.6 Å². The van der Waals surface area contributed by atoms with E-state index in [0.29, 0.717) is 6.54 Å². The lowest BCUT2D eigenvalue weighted by Gasteiger charge is -2.33. The van der Waals surface area contributed by atoms with Crippen LogP contribution in [-0.2, 0) is 6.54 Å². The van der Waals surface area contributed by atoms with Gasteiger partial charge < -0.3 is 15.5 Å². The van der Waals surface area contributed by atoms with E-state index in [1.807, 2.05) is 32.0 Å². The molecular formula is C18H24N6O. The average Bonchev–Trinajstić information content (AvgIpc) is 2.61. The monoisotopic (exact) mass is 340 g/mol. The third-order valence-corrected chi connectivity index (χ3v) is 4.28. The van der Waals surface area contributed by atoms with Crippen LogP contribution >= 0.6 is 0 Å². The van der Waals surface area contributed by atoms with Crippen LogP contribution in [0.15, 0.2) is 30.6 Å². The second-order valence-corrected chi connectivity index (χ2v) is 6.36. The predicted molar refractivity (Wildman–Crippen MR) is 96.3 cm³/mol. The van der Waals surface area contributed by atoms with Gasteiger partial charge in [0.1, 0.15) is 11.6 Å². The highest BCUT2D eigenvalue weighted by atomic mass is 16.2. The number of aromatic nitrogens is 3. The van der Waals surface area contributed by atoms with Crippen LogP contribution < -0.4 is 15.5 Å². The number of hydrogen-bond acceptors (Lipinski definition) is 5. The third kappa shape index (κ3) is 4.89. The summed E-state index contributed by atoms with van der Waals surface area (Å²) in [5.41, 5.74) is 1.97. The Morgan fingerprint density at radius 1 is 1.28 bits per heavy atom. The zero-order chi connectivity index (χ0) is 17.6. The van der Waals surface area contributed by atoms with E-state index in [9.17, 15) is 4.79 Å². The number of piperidine rings is 1. The Labute approximate surface area is 147 Å². The molecule has 0 aliphatic carbocycles. The van der Waals surface area contributed by atoms with Crippen molar-refractivity contribution in [3.05, 3.63) is 47.7 Å². The van der Waals surface area contributed by atoms with E-state index < -0.39 is 0 Å². The Bertz CT molecular complexity index is 693. The van der Waals surface area contributed by atoms with Crippen molar-refractivity contribution in [2.45, 2.75) is 39.3 Å². The lowest BCUT2D eigenvalue weighted by atomic mass is 10.1. The number of rotatable bonds is 4.